The summed E-state index contributed by atoms with van der Waals surface area (Å²) in [5.41, 5.74) is 8.39. The Morgan fingerprint density at radius 1 is 0.967 bits per heavy atom. The molecule has 3 nitrogen and oxygen atoms in total. The van der Waals surface area contributed by atoms with Gasteiger partial charge in [-0.1, -0.05) is 72.2 Å². The van der Waals surface area contributed by atoms with Gasteiger partial charge in [-0.2, -0.15) is 0 Å². The molecule has 2 aliphatic heterocycles. The number of fused-ring (bicyclic) bond motifs is 4. The SMILES string of the molecule is BC1=CCC(C2NC3=C4c5ccccc5N=C(c5ccccc5)C4CC=C3O2)C=C1. The van der Waals surface area contributed by atoms with Crippen molar-refractivity contribution in [1.82, 2.24) is 5.32 Å². The van der Waals surface area contributed by atoms with Crippen LogP contribution in [0, 0.1) is 11.8 Å². The molecular formula is C26H23BN2O. The Bertz CT molecular complexity index is 1170. The Morgan fingerprint density at radius 2 is 1.80 bits per heavy atom. The second kappa shape index (κ2) is 6.91. The van der Waals surface area contributed by atoms with Gasteiger partial charge >= 0.3 is 0 Å². The standard InChI is InChI=1S/C26H23BN2O/c27-18-12-10-17(11-13-18)26-29-25-22(30-26)15-14-20-23(25)19-8-4-5-9-21(19)28-24(20)16-6-2-1-3-7-16/h1-10,12-13,15,17,20,26,29H,11,14,27H2. The lowest BCUT2D eigenvalue weighted by molar-refractivity contribution is 0.106. The molecule has 4 heteroatoms. The monoisotopic (exact) mass is 390 g/mol. The highest BCUT2D eigenvalue weighted by Gasteiger charge is 2.40. The molecule has 0 saturated carbocycles. The fourth-order valence-corrected chi connectivity index (χ4v) is 4.93. The zero-order valence-corrected chi connectivity index (χ0v) is 17.0. The lowest BCUT2D eigenvalue weighted by Gasteiger charge is -2.31. The van der Waals surface area contributed by atoms with Crippen LogP contribution in [0.4, 0.5) is 5.69 Å². The first kappa shape index (κ1) is 17.6. The second-order valence-corrected chi connectivity index (χ2v) is 8.42. The molecule has 0 aromatic heterocycles. The molecular weight excluding hydrogens is 367 g/mol. The molecule has 146 valence electrons. The number of nitrogens with one attached hydrogen (secondary N) is 1. The number of benzene rings is 2. The molecule has 30 heavy (non-hydrogen) atoms. The number of nitrogens with zero attached hydrogens (tertiary/aromatic N) is 1. The van der Waals surface area contributed by atoms with Crippen LogP contribution in [0.2, 0.25) is 0 Å². The molecule has 4 aliphatic rings. The van der Waals surface area contributed by atoms with E-state index in [1.807, 2.05) is 0 Å². The van der Waals surface area contributed by atoms with Gasteiger partial charge in [0.1, 0.15) is 13.6 Å². The molecule has 3 atom stereocenters. The van der Waals surface area contributed by atoms with Crippen molar-refractivity contribution in [2.24, 2.45) is 16.8 Å². The molecule has 0 spiro atoms. The van der Waals surface area contributed by atoms with Gasteiger partial charge in [0, 0.05) is 17.4 Å². The van der Waals surface area contributed by atoms with Gasteiger partial charge in [-0.3, -0.25) is 4.99 Å². The van der Waals surface area contributed by atoms with E-state index < -0.39 is 0 Å². The Balaban J connectivity index is 1.45. The minimum atomic E-state index is -0.0238. The van der Waals surface area contributed by atoms with Gasteiger partial charge in [-0.05, 0) is 36.1 Å². The summed E-state index contributed by atoms with van der Waals surface area (Å²) in [6.45, 7) is 0. The van der Waals surface area contributed by atoms with E-state index in [1.54, 1.807) is 0 Å². The molecule has 0 radical (unpaired) electrons. The van der Waals surface area contributed by atoms with Crippen LogP contribution in [-0.4, -0.2) is 19.8 Å². The maximum Gasteiger partial charge on any atom is 0.176 e. The van der Waals surface area contributed by atoms with Crippen LogP contribution in [0.25, 0.3) is 5.57 Å². The smallest absolute Gasteiger partial charge is 0.176 e. The van der Waals surface area contributed by atoms with Crippen LogP contribution >= 0.6 is 0 Å². The molecule has 2 heterocycles. The van der Waals surface area contributed by atoms with Crippen molar-refractivity contribution in [2.45, 2.75) is 19.1 Å². The lowest BCUT2D eigenvalue weighted by Crippen LogP contribution is -2.32. The maximum atomic E-state index is 6.42. The second-order valence-electron chi connectivity index (χ2n) is 8.42. The zero-order valence-electron chi connectivity index (χ0n) is 17.0. The van der Waals surface area contributed by atoms with E-state index >= 15 is 0 Å². The topological polar surface area (TPSA) is 33.6 Å². The van der Waals surface area contributed by atoms with Gasteiger partial charge in [0.2, 0.25) is 0 Å². The van der Waals surface area contributed by atoms with E-state index in [-0.39, 0.29) is 12.1 Å². The average Bonchev–Trinajstić information content (AvgIpc) is 3.24. The Hall–Kier alpha value is -3.27. The van der Waals surface area contributed by atoms with Gasteiger partial charge in [0.05, 0.1) is 17.1 Å². The number of hydrogen-bond donors (Lipinski definition) is 1. The first-order valence-corrected chi connectivity index (χ1v) is 10.7. The lowest BCUT2D eigenvalue weighted by atomic mass is 9.77. The quantitative estimate of drug-likeness (QED) is 0.768. The summed E-state index contributed by atoms with van der Waals surface area (Å²) in [4.78, 5) is 5.10. The molecule has 2 aliphatic carbocycles. The third-order valence-electron chi connectivity index (χ3n) is 6.49. The Labute approximate surface area is 178 Å². The number of aliphatic imine (C=N–C) groups is 1. The number of ether oxygens (including phenoxy) is 1. The molecule has 3 unspecified atom stereocenters. The highest BCUT2D eigenvalue weighted by atomic mass is 16.5. The number of hydrogen-bond acceptors (Lipinski definition) is 3. The summed E-state index contributed by atoms with van der Waals surface area (Å²) in [5.74, 6) is 1.57. The van der Waals surface area contributed by atoms with Crippen molar-refractivity contribution in [1.29, 1.82) is 0 Å². The van der Waals surface area contributed by atoms with Crippen molar-refractivity contribution >= 4 is 24.8 Å². The van der Waals surface area contributed by atoms with E-state index in [9.17, 15) is 0 Å². The molecule has 0 bridgehead atoms. The molecule has 1 fully saturated rings. The van der Waals surface area contributed by atoms with Crippen molar-refractivity contribution < 1.29 is 4.74 Å². The summed E-state index contributed by atoms with van der Waals surface area (Å²) >= 11 is 0. The van der Waals surface area contributed by atoms with Gasteiger partial charge < -0.3 is 10.1 Å². The van der Waals surface area contributed by atoms with Crippen molar-refractivity contribution in [2.75, 3.05) is 0 Å². The van der Waals surface area contributed by atoms with Crippen molar-refractivity contribution in [3.8, 4) is 0 Å². The zero-order chi connectivity index (χ0) is 20.1. The minimum Gasteiger partial charge on any atom is -0.468 e. The van der Waals surface area contributed by atoms with Gasteiger partial charge in [0.15, 0.2) is 6.23 Å². The highest BCUT2D eigenvalue weighted by Crippen LogP contribution is 2.47. The molecule has 0 amide bonds. The third kappa shape index (κ3) is 2.78. The highest BCUT2D eigenvalue weighted by molar-refractivity contribution is 6.23. The van der Waals surface area contributed by atoms with Crippen LogP contribution in [0.3, 0.4) is 0 Å². The normalized spacial score (nSPS) is 26.4. The molecule has 1 saturated heterocycles. The van der Waals surface area contributed by atoms with E-state index in [0.717, 1.165) is 35.7 Å². The molecule has 2 aromatic rings. The van der Waals surface area contributed by atoms with Crippen LogP contribution in [-0.2, 0) is 4.74 Å². The molecule has 6 rings (SSSR count). The fourth-order valence-electron chi connectivity index (χ4n) is 4.93. The first-order chi connectivity index (χ1) is 14.8. The Morgan fingerprint density at radius 3 is 2.63 bits per heavy atom. The summed E-state index contributed by atoms with van der Waals surface area (Å²) in [6, 6.07) is 19.1. The third-order valence-corrected chi connectivity index (χ3v) is 6.49. The van der Waals surface area contributed by atoms with E-state index in [0.29, 0.717) is 5.92 Å². The van der Waals surface area contributed by atoms with E-state index in [2.05, 4.69) is 92.1 Å². The average molecular weight is 390 g/mol. The fraction of sp³-hybridized carbons (Fsp3) is 0.192. The number of allylic oxidation sites excluding steroid dienone is 5. The maximum absolute atomic E-state index is 6.42. The summed E-state index contributed by atoms with van der Waals surface area (Å²) < 4.78 is 6.42. The Kier molecular flexibility index (Phi) is 4.05. The molecule has 1 N–H and O–H groups in total. The van der Waals surface area contributed by atoms with Crippen LogP contribution < -0.4 is 5.32 Å². The summed E-state index contributed by atoms with van der Waals surface area (Å²) in [6.07, 6.45) is 10.9. The van der Waals surface area contributed by atoms with Crippen molar-refractivity contribution in [3.05, 3.63) is 107 Å². The van der Waals surface area contributed by atoms with Crippen LogP contribution in [0.15, 0.2) is 101 Å². The van der Waals surface area contributed by atoms with E-state index in [4.69, 9.17) is 9.73 Å². The van der Waals surface area contributed by atoms with Gasteiger partial charge in [-0.15, -0.1) is 0 Å². The predicted octanol–water partition coefficient (Wildman–Crippen LogP) is 4.47. The first-order valence-electron chi connectivity index (χ1n) is 10.7. The van der Waals surface area contributed by atoms with Gasteiger partial charge in [0.25, 0.3) is 0 Å². The van der Waals surface area contributed by atoms with Gasteiger partial charge in [-0.25, -0.2) is 0 Å². The van der Waals surface area contributed by atoms with E-state index in [1.165, 1.54) is 22.2 Å². The largest absolute Gasteiger partial charge is 0.468 e. The number of rotatable bonds is 2. The molecule has 2 aromatic carbocycles. The summed E-state index contributed by atoms with van der Waals surface area (Å²) in [7, 11) is 2.15. The summed E-state index contributed by atoms with van der Waals surface area (Å²) in [5, 5.41) is 3.74. The minimum absolute atomic E-state index is 0.0238. The van der Waals surface area contributed by atoms with Crippen LogP contribution in [0.1, 0.15) is 24.0 Å². The number of para-hydroxylation sites is 1. The van der Waals surface area contributed by atoms with Crippen LogP contribution in [0.5, 0.6) is 0 Å². The van der Waals surface area contributed by atoms with Crippen molar-refractivity contribution in [3.63, 3.8) is 0 Å². The predicted molar refractivity (Wildman–Crippen MR) is 124 cm³/mol.